The molecule has 0 saturated heterocycles. The summed E-state index contributed by atoms with van der Waals surface area (Å²) in [4.78, 5) is 24.3. The standard InChI is InChI=1S/C17H15Cl2NO3/c1-4-11-9(3)20(5-2)15(14(16(11)21)17(22)23)10-6-7-12(18)13(19)8-10/h4,6-8H,1,5H2,2-3H3,(H,22,23). The number of benzene rings is 1. The Bertz CT molecular complexity index is 869. The van der Waals surface area contributed by atoms with Crippen LogP contribution in [-0.2, 0) is 6.54 Å². The minimum Gasteiger partial charge on any atom is -0.477 e. The van der Waals surface area contributed by atoms with Crippen LogP contribution >= 0.6 is 23.2 Å². The van der Waals surface area contributed by atoms with Gasteiger partial charge < -0.3 is 9.67 Å². The lowest BCUT2D eigenvalue weighted by Crippen LogP contribution is -2.25. The number of halogens is 2. The van der Waals surface area contributed by atoms with Crippen LogP contribution in [0.5, 0.6) is 0 Å². The van der Waals surface area contributed by atoms with Gasteiger partial charge in [-0.15, -0.1) is 0 Å². The van der Waals surface area contributed by atoms with Crippen molar-refractivity contribution in [2.45, 2.75) is 20.4 Å². The van der Waals surface area contributed by atoms with E-state index < -0.39 is 11.4 Å². The first-order valence-electron chi connectivity index (χ1n) is 6.92. The molecule has 2 aromatic rings. The topological polar surface area (TPSA) is 59.3 Å². The molecule has 6 heteroatoms. The molecule has 2 rings (SSSR count). The lowest BCUT2D eigenvalue weighted by molar-refractivity contribution is 0.0695. The number of pyridine rings is 1. The normalized spacial score (nSPS) is 10.6. The van der Waals surface area contributed by atoms with E-state index in [1.54, 1.807) is 29.7 Å². The third-order valence-electron chi connectivity index (χ3n) is 3.70. The average molecular weight is 352 g/mol. The van der Waals surface area contributed by atoms with Crippen molar-refractivity contribution in [2.24, 2.45) is 0 Å². The Kier molecular flexibility index (Phi) is 4.97. The van der Waals surface area contributed by atoms with Crippen LogP contribution in [0.25, 0.3) is 17.3 Å². The van der Waals surface area contributed by atoms with E-state index in [1.807, 2.05) is 6.92 Å². The van der Waals surface area contributed by atoms with E-state index in [4.69, 9.17) is 23.2 Å². The summed E-state index contributed by atoms with van der Waals surface area (Å²) in [6, 6.07) is 4.78. The van der Waals surface area contributed by atoms with Crippen molar-refractivity contribution in [1.29, 1.82) is 0 Å². The molecule has 4 nitrogen and oxygen atoms in total. The van der Waals surface area contributed by atoms with Crippen molar-refractivity contribution >= 4 is 35.2 Å². The maximum absolute atomic E-state index is 12.6. The molecule has 1 heterocycles. The first kappa shape index (κ1) is 17.3. The van der Waals surface area contributed by atoms with Gasteiger partial charge in [0.1, 0.15) is 5.56 Å². The van der Waals surface area contributed by atoms with Crippen molar-refractivity contribution in [1.82, 2.24) is 4.57 Å². The Hall–Kier alpha value is -2.04. The van der Waals surface area contributed by atoms with Crippen molar-refractivity contribution in [3.05, 3.63) is 61.9 Å². The smallest absolute Gasteiger partial charge is 0.341 e. The first-order valence-corrected chi connectivity index (χ1v) is 7.67. The van der Waals surface area contributed by atoms with Crippen LogP contribution in [0.15, 0.2) is 29.6 Å². The summed E-state index contributed by atoms with van der Waals surface area (Å²) in [5.41, 5.74) is 0.911. The molecular formula is C17H15Cl2NO3. The second-order valence-corrected chi connectivity index (χ2v) is 5.75. The van der Waals surface area contributed by atoms with E-state index >= 15 is 0 Å². The highest BCUT2D eigenvalue weighted by Crippen LogP contribution is 2.31. The zero-order valence-electron chi connectivity index (χ0n) is 12.7. The van der Waals surface area contributed by atoms with Crippen LogP contribution in [0.1, 0.15) is 28.5 Å². The number of nitrogens with zero attached hydrogens (tertiary/aromatic N) is 1. The predicted molar refractivity (Wildman–Crippen MR) is 93.6 cm³/mol. The number of hydrogen-bond acceptors (Lipinski definition) is 2. The van der Waals surface area contributed by atoms with Crippen LogP contribution in [0, 0.1) is 6.92 Å². The fourth-order valence-corrected chi connectivity index (χ4v) is 2.93. The Morgan fingerprint density at radius 3 is 2.48 bits per heavy atom. The maximum Gasteiger partial charge on any atom is 0.341 e. The summed E-state index contributed by atoms with van der Waals surface area (Å²) < 4.78 is 1.77. The summed E-state index contributed by atoms with van der Waals surface area (Å²) in [7, 11) is 0. The molecule has 0 spiro atoms. The quantitative estimate of drug-likeness (QED) is 0.882. The molecule has 0 bridgehead atoms. The Labute approximate surface area is 143 Å². The van der Waals surface area contributed by atoms with Crippen LogP contribution in [0.2, 0.25) is 10.0 Å². The van der Waals surface area contributed by atoms with Gasteiger partial charge in [-0.2, -0.15) is 0 Å². The summed E-state index contributed by atoms with van der Waals surface area (Å²) in [5.74, 6) is -1.29. The molecular weight excluding hydrogens is 337 g/mol. The zero-order valence-corrected chi connectivity index (χ0v) is 14.2. The van der Waals surface area contributed by atoms with Gasteiger partial charge in [0.05, 0.1) is 15.7 Å². The predicted octanol–water partition coefficient (Wildman–Crippen LogP) is 4.49. The van der Waals surface area contributed by atoms with Crippen molar-refractivity contribution < 1.29 is 9.90 Å². The number of aromatic carboxylic acids is 1. The Morgan fingerprint density at radius 2 is 2.00 bits per heavy atom. The number of carboxylic acids is 1. The number of carbonyl (C=O) groups is 1. The van der Waals surface area contributed by atoms with E-state index in [2.05, 4.69) is 6.58 Å². The number of hydrogen-bond donors (Lipinski definition) is 1. The summed E-state index contributed by atoms with van der Waals surface area (Å²) in [6.07, 6.45) is 1.38. The monoisotopic (exact) mass is 351 g/mol. The molecule has 0 aliphatic heterocycles. The van der Waals surface area contributed by atoms with E-state index in [0.29, 0.717) is 33.5 Å². The van der Waals surface area contributed by atoms with E-state index in [9.17, 15) is 14.7 Å². The highest BCUT2D eigenvalue weighted by molar-refractivity contribution is 6.42. The highest BCUT2D eigenvalue weighted by Gasteiger charge is 2.23. The van der Waals surface area contributed by atoms with Crippen LogP contribution in [0.4, 0.5) is 0 Å². The van der Waals surface area contributed by atoms with Gasteiger partial charge >= 0.3 is 5.97 Å². The number of carboxylic acid groups (broad SMARTS) is 1. The first-order chi connectivity index (χ1) is 10.8. The second-order valence-electron chi connectivity index (χ2n) is 4.93. The second kappa shape index (κ2) is 6.60. The van der Waals surface area contributed by atoms with Gasteiger partial charge in [0.2, 0.25) is 5.43 Å². The van der Waals surface area contributed by atoms with Gasteiger partial charge in [0.25, 0.3) is 0 Å². The summed E-state index contributed by atoms with van der Waals surface area (Å²) in [5, 5.41) is 10.2. The van der Waals surface area contributed by atoms with Gasteiger partial charge in [-0.25, -0.2) is 4.79 Å². The molecule has 0 aliphatic carbocycles. The van der Waals surface area contributed by atoms with Gasteiger partial charge in [0.15, 0.2) is 0 Å². The SMILES string of the molecule is C=Cc1c(C)n(CC)c(-c2ccc(Cl)c(Cl)c2)c(C(=O)O)c1=O. The molecule has 0 fully saturated rings. The molecule has 1 aromatic heterocycles. The Balaban J connectivity index is 3.01. The maximum atomic E-state index is 12.6. The molecule has 0 radical (unpaired) electrons. The molecule has 120 valence electrons. The van der Waals surface area contributed by atoms with Gasteiger partial charge in [-0.05, 0) is 26.0 Å². The van der Waals surface area contributed by atoms with Crippen LogP contribution in [-0.4, -0.2) is 15.6 Å². The van der Waals surface area contributed by atoms with Crippen molar-refractivity contribution in [3.63, 3.8) is 0 Å². The van der Waals surface area contributed by atoms with E-state index in [1.165, 1.54) is 6.08 Å². The Morgan fingerprint density at radius 1 is 1.35 bits per heavy atom. The third kappa shape index (κ3) is 2.92. The minimum absolute atomic E-state index is 0.285. The molecule has 0 unspecified atom stereocenters. The molecule has 1 N–H and O–H groups in total. The zero-order chi connectivity index (χ0) is 17.3. The highest BCUT2D eigenvalue weighted by atomic mass is 35.5. The lowest BCUT2D eigenvalue weighted by atomic mass is 10.00. The lowest BCUT2D eigenvalue weighted by Gasteiger charge is -2.20. The molecule has 0 amide bonds. The number of aromatic nitrogens is 1. The van der Waals surface area contributed by atoms with Gasteiger partial charge in [0, 0.05) is 23.4 Å². The molecule has 0 atom stereocenters. The fourth-order valence-electron chi connectivity index (χ4n) is 2.63. The fraction of sp³-hybridized carbons (Fsp3) is 0.176. The van der Waals surface area contributed by atoms with Gasteiger partial charge in [-0.1, -0.05) is 41.9 Å². The molecule has 0 saturated carbocycles. The van der Waals surface area contributed by atoms with Crippen molar-refractivity contribution in [2.75, 3.05) is 0 Å². The van der Waals surface area contributed by atoms with Crippen molar-refractivity contribution in [3.8, 4) is 11.3 Å². The number of rotatable bonds is 4. The summed E-state index contributed by atoms with van der Waals surface area (Å²) in [6.45, 7) is 7.73. The molecule has 1 aromatic carbocycles. The van der Waals surface area contributed by atoms with E-state index in [0.717, 1.165) is 0 Å². The van der Waals surface area contributed by atoms with Gasteiger partial charge in [-0.3, -0.25) is 4.79 Å². The van der Waals surface area contributed by atoms with Crippen LogP contribution in [0.3, 0.4) is 0 Å². The third-order valence-corrected chi connectivity index (χ3v) is 4.44. The minimum atomic E-state index is -1.29. The largest absolute Gasteiger partial charge is 0.477 e. The summed E-state index contributed by atoms with van der Waals surface area (Å²) >= 11 is 12.0. The molecule has 23 heavy (non-hydrogen) atoms. The van der Waals surface area contributed by atoms with E-state index in [-0.39, 0.29) is 11.1 Å². The van der Waals surface area contributed by atoms with Crippen LogP contribution < -0.4 is 5.43 Å². The molecule has 0 aliphatic rings. The average Bonchev–Trinajstić information content (AvgIpc) is 2.49.